The van der Waals surface area contributed by atoms with Gasteiger partial charge in [-0.2, -0.15) is 0 Å². The molecule has 0 bridgehead atoms. The lowest BCUT2D eigenvalue weighted by atomic mass is 9.86. The van der Waals surface area contributed by atoms with Crippen molar-refractivity contribution in [3.8, 4) is 17.2 Å². The van der Waals surface area contributed by atoms with Crippen LogP contribution in [0, 0.1) is 74.0 Å². The third kappa shape index (κ3) is 49.5. The lowest BCUT2D eigenvalue weighted by molar-refractivity contribution is 0.104. The molecule has 0 radical (unpaired) electrons. The van der Waals surface area contributed by atoms with Gasteiger partial charge in [-0.25, -0.2) is 0 Å². The molecular weight excluding hydrogens is 1320 g/mol. The maximum atomic E-state index is 6.03. The predicted molar refractivity (Wildman–Crippen MR) is 462 cm³/mol. The van der Waals surface area contributed by atoms with Gasteiger partial charge >= 0.3 is 0 Å². The fourth-order valence-electron chi connectivity index (χ4n) is 8.88. The molecule has 572 valence electrons. The zero-order chi connectivity index (χ0) is 78.1. The number of halogens is 3. The number of benzene rings is 8. The Morgan fingerprint density at radius 2 is 0.718 bits per heavy atom. The Morgan fingerprint density at radius 1 is 0.311 bits per heavy atom. The third-order valence-corrected chi connectivity index (χ3v) is 17.3. The van der Waals surface area contributed by atoms with Crippen LogP contribution >= 0.6 is 34.8 Å². The van der Waals surface area contributed by atoms with Crippen molar-refractivity contribution in [2.45, 2.75) is 278 Å². The Labute approximate surface area is 649 Å². The Hall–Kier alpha value is -5.97. The van der Waals surface area contributed by atoms with Crippen molar-refractivity contribution < 1.29 is 14.2 Å². The average Bonchev–Trinajstić information content (AvgIpc) is 0.876. The maximum Gasteiger partial charge on any atom is 0.138 e. The lowest BCUT2D eigenvalue weighted by Gasteiger charge is -2.28. The van der Waals surface area contributed by atoms with Crippen LogP contribution in [0.25, 0.3) is 0 Å². The van der Waals surface area contributed by atoms with Crippen molar-refractivity contribution in [2.24, 2.45) is 32.5 Å². The summed E-state index contributed by atoms with van der Waals surface area (Å²) >= 11 is 18.0. The molecule has 0 amide bonds. The van der Waals surface area contributed by atoms with Crippen LogP contribution in [-0.2, 0) is 30.1 Å². The largest absolute Gasteiger partial charge is 0.493 e. The molecule has 0 aliphatic carbocycles. The van der Waals surface area contributed by atoms with E-state index < -0.39 is 0 Å². The molecule has 0 fully saturated rings. The molecule has 0 aliphatic rings. The lowest BCUT2D eigenvalue weighted by Crippen LogP contribution is -2.28. The smallest absolute Gasteiger partial charge is 0.138 e. The molecule has 103 heavy (non-hydrogen) atoms. The summed E-state index contributed by atoms with van der Waals surface area (Å²) in [4.78, 5) is 0. The monoisotopic (exact) mass is 1460 g/mol. The third-order valence-electron chi connectivity index (χ3n) is 16.3. The molecular formula is C97H145Cl3O3. The molecule has 1 unspecified atom stereocenters. The maximum absolute atomic E-state index is 6.03. The van der Waals surface area contributed by atoms with E-state index in [0.717, 1.165) is 33.4 Å². The van der Waals surface area contributed by atoms with Crippen LogP contribution in [0.15, 0.2) is 188 Å². The minimum Gasteiger partial charge on any atom is -0.493 e. The Kier molecular flexibility index (Phi) is 42.9. The van der Waals surface area contributed by atoms with Gasteiger partial charge in [-0.05, 0) is 206 Å². The summed E-state index contributed by atoms with van der Waals surface area (Å²) in [6.45, 7) is 69.3. The summed E-state index contributed by atoms with van der Waals surface area (Å²) in [7, 11) is 0. The number of para-hydroxylation sites is 1. The summed E-state index contributed by atoms with van der Waals surface area (Å²) in [6.07, 6.45) is 7.52. The second kappa shape index (κ2) is 45.5. The van der Waals surface area contributed by atoms with Gasteiger partial charge in [0.2, 0.25) is 0 Å². The zero-order valence-electron chi connectivity index (χ0n) is 70.0. The molecule has 8 aromatic carbocycles. The fraction of sp³-hybridized carbons (Fsp3) is 0.505. The van der Waals surface area contributed by atoms with Crippen molar-refractivity contribution >= 4 is 34.8 Å². The van der Waals surface area contributed by atoms with Crippen molar-refractivity contribution in [1.82, 2.24) is 0 Å². The molecule has 0 saturated carbocycles. The average molecular weight is 1470 g/mol. The van der Waals surface area contributed by atoms with E-state index >= 15 is 0 Å². The van der Waals surface area contributed by atoms with Gasteiger partial charge in [0.25, 0.3) is 0 Å². The zero-order valence-corrected chi connectivity index (χ0v) is 72.3. The number of rotatable bonds is 12. The van der Waals surface area contributed by atoms with E-state index in [-0.39, 0.29) is 40.6 Å². The van der Waals surface area contributed by atoms with E-state index in [9.17, 15) is 0 Å². The SMILES string of the molecule is C.CC(C)(C)CCc1ccccc1.CC(Oc1ccccc1Cl)C(C)(C)C.Cc1ccc(C(C)(C)C)cc1.Cc1ccc(CCC(C)(C)C)cc1.Cc1ccc(OCC(C)(C)C)c(Cl)c1.Cc1ccc(OCC(C)(C)C)cc1Cl.Cc1cccc(C(C)(C)C)c1.Cc1cccc(CCC(C)(C)C)c1. The number of hydrogen-bond acceptors (Lipinski definition) is 3. The van der Waals surface area contributed by atoms with Gasteiger partial charge in [0, 0.05) is 5.02 Å². The molecule has 0 N–H and O–H groups in total. The molecule has 3 nitrogen and oxygen atoms in total. The Balaban J connectivity index is 0.00000115. The summed E-state index contributed by atoms with van der Waals surface area (Å²) in [5.41, 5.74) is 17.2. The van der Waals surface area contributed by atoms with Crippen molar-refractivity contribution in [2.75, 3.05) is 13.2 Å². The van der Waals surface area contributed by atoms with Gasteiger partial charge in [0.05, 0.1) is 23.3 Å². The highest BCUT2D eigenvalue weighted by Gasteiger charge is 2.23. The van der Waals surface area contributed by atoms with Gasteiger partial charge in [0.15, 0.2) is 0 Å². The molecule has 0 spiro atoms. The first-order chi connectivity index (χ1) is 46.7. The fourth-order valence-corrected chi connectivity index (χ4v) is 9.52. The highest BCUT2D eigenvalue weighted by molar-refractivity contribution is 6.32. The first-order valence-corrected chi connectivity index (χ1v) is 38.3. The van der Waals surface area contributed by atoms with Crippen LogP contribution in [-0.4, -0.2) is 19.3 Å². The van der Waals surface area contributed by atoms with E-state index in [2.05, 4.69) is 328 Å². The van der Waals surface area contributed by atoms with Crippen molar-refractivity contribution in [3.63, 3.8) is 0 Å². The van der Waals surface area contributed by atoms with Crippen LogP contribution in [0.5, 0.6) is 17.2 Å². The number of aryl methyl sites for hydroxylation is 9. The Bertz CT molecular complexity index is 3560. The molecule has 1 atom stereocenters. The topological polar surface area (TPSA) is 27.7 Å². The van der Waals surface area contributed by atoms with E-state index in [0.29, 0.717) is 39.5 Å². The molecule has 0 heterocycles. The quantitative estimate of drug-likeness (QED) is 0.122. The van der Waals surface area contributed by atoms with Gasteiger partial charge < -0.3 is 14.2 Å². The second-order valence-corrected chi connectivity index (χ2v) is 38.2. The van der Waals surface area contributed by atoms with Crippen LogP contribution in [0.1, 0.15) is 261 Å². The molecule has 8 rings (SSSR count). The van der Waals surface area contributed by atoms with Crippen LogP contribution < -0.4 is 14.2 Å². The van der Waals surface area contributed by atoms with Gasteiger partial charge in [-0.15, -0.1) is 0 Å². The van der Waals surface area contributed by atoms with Gasteiger partial charge in [-0.3, -0.25) is 0 Å². The normalized spacial score (nSPS) is 11.8. The molecule has 0 aliphatic heterocycles. The predicted octanol–water partition coefficient (Wildman–Crippen LogP) is 31.1. The summed E-state index contributed by atoms with van der Waals surface area (Å²) in [5.74, 6) is 2.37. The summed E-state index contributed by atoms with van der Waals surface area (Å²) in [6, 6.07) is 65.0. The standard InChI is InChI=1S/2C13H20.3C12H17ClO.C12H18.2C11H16.CH4/c1-11-5-7-12(8-6-11)9-10-13(2,3)4;1-11-6-5-7-12(10-11)8-9-13(2,3)4;1-9-5-6-10(7-11(9)13)14-8-12(2,3)4;1-9-5-6-11(10(13)7-9)14-8-12(2,3)4;1-9(12(2,3)4)14-11-8-6-5-7-10(11)13;1-12(2,3)10-9-11-7-5-4-6-8-11;1-9-5-7-10(8-6-9)11(2,3)4;1-9-6-5-7-10(8-9)11(2,3)4;/h5-8H,9-10H2,1-4H3;5-7,10H,8-9H2,1-4H3;2*5-7H,8H2,1-4H3;5-9H,1-4H3;4-8H,9-10H2,1-3H3;2*5-8H,1-4H3;1H4. The Morgan fingerprint density at radius 3 is 1.14 bits per heavy atom. The number of ether oxygens (including phenoxy) is 3. The van der Waals surface area contributed by atoms with Crippen LogP contribution in [0.2, 0.25) is 15.1 Å². The molecule has 0 saturated heterocycles. The van der Waals surface area contributed by atoms with E-state index in [4.69, 9.17) is 49.0 Å². The second-order valence-electron chi connectivity index (χ2n) is 37.0. The van der Waals surface area contributed by atoms with Gasteiger partial charge in [0.1, 0.15) is 23.4 Å². The number of hydrogen-bond donors (Lipinski definition) is 0. The minimum atomic E-state index is 0. The first-order valence-electron chi connectivity index (χ1n) is 37.2. The summed E-state index contributed by atoms with van der Waals surface area (Å²) < 4.78 is 17.0. The molecule has 0 aromatic heterocycles. The molecule has 6 heteroatoms. The van der Waals surface area contributed by atoms with Crippen LogP contribution in [0.4, 0.5) is 0 Å². The minimum absolute atomic E-state index is 0. The first kappa shape index (κ1) is 97.0. The van der Waals surface area contributed by atoms with E-state index in [1.807, 2.05) is 74.5 Å². The van der Waals surface area contributed by atoms with Gasteiger partial charge in [-0.1, -0.05) is 382 Å². The highest BCUT2D eigenvalue weighted by Crippen LogP contribution is 2.32. The van der Waals surface area contributed by atoms with Crippen molar-refractivity contribution in [1.29, 1.82) is 0 Å². The summed E-state index contributed by atoms with van der Waals surface area (Å²) in [5, 5.41) is 2.12. The molecule has 8 aromatic rings. The van der Waals surface area contributed by atoms with Crippen molar-refractivity contribution in [3.05, 3.63) is 264 Å². The highest BCUT2D eigenvalue weighted by atomic mass is 35.5. The van der Waals surface area contributed by atoms with Crippen LogP contribution in [0.3, 0.4) is 0 Å². The van der Waals surface area contributed by atoms with E-state index in [1.54, 1.807) is 0 Å². The van der Waals surface area contributed by atoms with E-state index in [1.165, 1.54) is 88.6 Å².